The lowest BCUT2D eigenvalue weighted by molar-refractivity contribution is -0.180. The average Bonchev–Trinajstić information content (AvgIpc) is 3.25. The highest BCUT2D eigenvalue weighted by Gasteiger charge is 2.68. The van der Waals surface area contributed by atoms with E-state index in [1.807, 2.05) is 25.3 Å². The molecule has 5 aliphatic carbocycles. The average molecular weight is 675 g/mol. The number of hydrogen-bond donors (Lipinski definition) is 4. The number of halogens is 1. The van der Waals surface area contributed by atoms with Crippen molar-refractivity contribution >= 4 is 28.7 Å². The molecule has 8 rings (SSSR count). The number of hydrogen-bond acceptors (Lipinski definition) is 7. The number of fused-ring (bicyclic) bond motifs is 7. The van der Waals surface area contributed by atoms with E-state index in [2.05, 4.69) is 30.4 Å². The fourth-order valence-electron chi connectivity index (χ4n) is 11.3. The molecule has 1 saturated heterocycles. The maximum absolute atomic E-state index is 13.4. The molecule has 0 bridgehead atoms. The number of rotatable bonds is 2. The second-order valence-electron chi connectivity index (χ2n) is 16.0. The highest BCUT2D eigenvalue weighted by Crippen LogP contribution is 2.67. The van der Waals surface area contributed by atoms with E-state index in [0.717, 1.165) is 82.3 Å². The number of carbonyl (C=O) groups excluding carboxylic acids is 2. The summed E-state index contributed by atoms with van der Waals surface area (Å²) in [5.41, 5.74) is 5.71. The molecule has 48 heavy (non-hydrogen) atoms. The highest BCUT2D eigenvalue weighted by molar-refractivity contribution is 6.30. The van der Waals surface area contributed by atoms with Crippen molar-refractivity contribution in [2.24, 2.45) is 34.5 Å². The number of aryl methyl sites for hydroxylation is 2. The molecule has 0 amide bonds. The Bertz CT molecular complexity index is 1620. The summed E-state index contributed by atoms with van der Waals surface area (Å²) in [6.07, 6.45) is 11.7. The molecule has 1 aliphatic heterocycles. The van der Waals surface area contributed by atoms with Crippen LogP contribution in [-0.2, 0) is 22.4 Å². The molecule has 1 aromatic carbocycles. The number of nitrogens with one attached hydrogen (secondary N) is 1. The largest absolute Gasteiger partial charge is 0.393 e. The van der Waals surface area contributed by atoms with Crippen molar-refractivity contribution in [2.75, 3.05) is 19.7 Å². The molecule has 258 valence electrons. The van der Waals surface area contributed by atoms with E-state index >= 15 is 0 Å². The van der Waals surface area contributed by atoms with Crippen LogP contribution < -0.4 is 5.32 Å². The lowest BCUT2D eigenvalue weighted by atomic mass is 9.44. The normalized spacial score (nSPS) is 37.1. The number of piperidine rings is 1. The van der Waals surface area contributed by atoms with Crippen LogP contribution in [0.25, 0.3) is 5.57 Å². The van der Waals surface area contributed by atoms with Gasteiger partial charge in [0.25, 0.3) is 0 Å². The Labute approximate surface area is 289 Å². The second-order valence-corrected chi connectivity index (χ2v) is 16.5. The zero-order chi connectivity index (χ0) is 33.8. The molecule has 8 heteroatoms. The van der Waals surface area contributed by atoms with Gasteiger partial charge in [0.1, 0.15) is 18.0 Å². The number of carbonyl (C=O) groups is 2. The second kappa shape index (κ2) is 13.0. The monoisotopic (exact) mass is 674 g/mol. The maximum atomic E-state index is 13.4. The molecular weight excluding hydrogens is 624 g/mol. The van der Waals surface area contributed by atoms with Crippen LogP contribution in [0.5, 0.6) is 0 Å². The topological polar surface area (TPSA) is 120 Å². The summed E-state index contributed by atoms with van der Waals surface area (Å²) < 4.78 is 0. The molecule has 4 saturated carbocycles. The first kappa shape index (κ1) is 34.0. The summed E-state index contributed by atoms with van der Waals surface area (Å²) in [7, 11) is 0. The summed E-state index contributed by atoms with van der Waals surface area (Å²) in [6.45, 7) is 5.58. The summed E-state index contributed by atoms with van der Waals surface area (Å²) in [6, 6.07) is 10.6. The number of pyridine rings is 1. The van der Waals surface area contributed by atoms with Crippen molar-refractivity contribution in [3.05, 3.63) is 69.5 Å². The molecule has 0 radical (unpaired) electrons. The van der Waals surface area contributed by atoms with Crippen LogP contribution in [0, 0.1) is 34.5 Å². The van der Waals surface area contributed by atoms with Gasteiger partial charge in [-0.25, -0.2) is 0 Å². The van der Waals surface area contributed by atoms with Crippen molar-refractivity contribution in [1.29, 1.82) is 0 Å². The minimum atomic E-state index is -1.58. The molecule has 5 fully saturated rings. The number of Topliss-reactive ketones (excluding diaryl/α,β-unsaturated/α-hetero) is 2. The van der Waals surface area contributed by atoms with Crippen molar-refractivity contribution in [3.63, 3.8) is 0 Å². The van der Waals surface area contributed by atoms with Gasteiger partial charge in [-0.05, 0) is 142 Å². The number of nitrogens with zero attached hydrogens (tertiary/aromatic N) is 1. The predicted octanol–water partition coefficient (Wildman–Crippen LogP) is 5.88. The number of aliphatic hydroxyl groups is 3. The predicted molar refractivity (Wildman–Crippen MR) is 186 cm³/mol. The van der Waals surface area contributed by atoms with E-state index < -0.39 is 23.4 Å². The van der Waals surface area contributed by atoms with E-state index in [4.69, 9.17) is 16.6 Å². The van der Waals surface area contributed by atoms with Gasteiger partial charge in [-0.1, -0.05) is 43.2 Å². The van der Waals surface area contributed by atoms with Crippen LogP contribution in [-0.4, -0.2) is 63.3 Å². The molecule has 4 N–H and O–H groups in total. The molecule has 6 aliphatic rings. The fraction of sp³-hybridized carbons (Fsp3) is 0.625. The van der Waals surface area contributed by atoms with Gasteiger partial charge in [-0.3, -0.25) is 14.6 Å². The van der Waals surface area contributed by atoms with Crippen molar-refractivity contribution in [1.82, 2.24) is 10.3 Å². The van der Waals surface area contributed by atoms with Crippen molar-refractivity contribution in [2.45, 2.75) is 103 Å². The van der Waals surface area contributed by atoms with E-state index in [9.17, 15) is 24.9 Å². The first-order chi connectivity index (χ1) is 23.0. The van der Waals surface area contributed by atoms with Crippen molar-refractivity contribution in [3.8, 4) is 0 Å². The molecule has 7 nitrogen and oxygen atoms in total. The summed E-state index contributed by atoms with van der Waals surface area (Å²) in [5, 5.41) is 34.9. The standard InChI is InChI=1S/C21H32O5.C19H19ClN2/c1-19-7-5-13(23)9-12(19)3-4-14-15-6-8-21(26,17(25)11-22)20(15,2)10-16(24)18(14)19;20-16-5-6-17-15(12-16)4-3-14-2-1-9-22-19(14)18(17)13-7-10-21-11-8-13/h12-15,18,22-23,26H,3-11H2,1-2H3;1-2,5-6,9,12,21H,3-4,7-8,10-11H2/t12-,13-,14+,15+,18-,19+,20+,21+;/m1./s1. The Hall–Kier alpha value is -2.42. The summed E-state index contributed by atoms with van der Waals surface area (Å²) in [5.74, 6) is 0.380. The van der Waals surface area contributed by atoms with E-state index in [-0.39, 0.29) is 41.5 Å². The summed E-state index contributed by atoms with van der Waals surface area (Å²) in [4.78, 5) is 30.5. The fourth-order valence-corrected chi connectivity index (χ4v) is 11.4. The number of aliphatic hydroxyl groups excluding tert-OH is 2. The third-order valence-corrected chi connectivity index (χ3v) is 14.0. The Morgan fingerprint density at radius 2 is 1.79 bits per heavy atom. The Morgan fingerprint density at radius 1 is 1.02 bits per heavy atom. The Morgan fingerprint density at radius 3 is 2.56 bits per heavy atom. The maximum Gasteiger partial charge on any atom is 0.190 e. The Kier molecular flexibility index (Phi) is 9.25. The van der Waals surface area contributed by atoms with Gasteiger partial charge in [0.2, 0.25) is 0 Å². The zero-order valence-electron chi connectivity index (χ0n) is 28.4. The Balaban J connectivity index is 0.000000154. The van der Waals surface area contributed by atoms with Gasteiger partial charge in [-0.2, -0.15) is 0 Å². The quantitative estimate of drug-likeness (QED) is 0.314. The molecular formula is C40H51ClN2O5. The molecule has 0 unspecified atom stereocenters. The first-order valence-electron chi connectivity index (χ1n) is 18.2. The van der Waals surface area contributed by atoms with Crippen LogP contribution in [0.2, 0.25) is 5.02 Å². The molecule has 2 heterocycles. The SMILES string of the molecule is C[C@]12CC[C@@H](O)C[C@H]1CC[C@@H]1[C@@H]2C(=O)C[C@@]2(C)[C@H]1CC[C@]2(O)C(=O)CO.Clc1ccc2c(c1)CCc1cccnc1C2=C1CCNCC1. The van der Waals surface area contributed by atoms with Gasteiger partial charge in [0.15, 0.2) is 5.78 Å². The summed E-state index contributed by atoms with van der Waals surface area (Å²) >= 11 is 6.23. The number of aromatic nitrogens is 1. The smallest absolute Gasteiger partial charge is 0.190 e. The van der Waals surface area contributed by atoms with E-state index in [0.29, 0.717) is 12.3 Å². The molecule has 1 aromatic heterocycles. The van der Waals surface area contributed by atoms with Crippen molar-refractivity contribution < 1.29 is 24.9 Å². The van der Waals surface area contributed by atoms with Gasteiger partial charge >= 0.3 is 0 Å². The van der Waals surface area contributed by atoms with Gasteiger partial charge in [-0.15, -0.1) is 0 Å². The number of benzene rings is 1. The molecule has 2 aromatic rings. The van der Waals surface area contributed by atoms with Gasteiger partial charge in [0, 0.05) is 34.5 Å². The minimum absolute atomic E-state index is 0.0154. The van der Waals surface area contributed by atoms with Crippen LogP contribution in [0.4, 0.5) is 0 Å². The first-order valence-corrected chi connectivity index (χ1v) is 18.6. The van der Waals surface area contributed by atoms with Gasteiger partial charge < -0.3 is 20.6 Å². The third-order valence-electron chi connectivity index (χ3n) is 13.8. The zero-order valence-corrected chi connectivity index (χ0v) is 29.2. The van der Waals surface area contributed by atoms with Crippen LogP contribution in [0.3, 0.4) is 0 Å². The third kappa shape index (κ3) is 5.53. The van der Waals surface area contributed by atoms with Crippen LogP contribution in [0.1, 0.15) is 100 Å². The highest BCUT2D eigenvalue weighted by atomic mass is 35.5. The van der Waals surface area contributed by atoms with E-state index in [1.54, 1.807) is 0 Å². The van der Waals surface area contributed by atoms with Crippen LogP contribution in [0.15, 0.2) is 42.1 Å². The lowest BCUT2D eigenvalue weighted by Gasteiger charge is -2.60. The van der Waals surface area contributed by atoms with Crippen LogP contribution >= 0.6 is 11.6 Å². The molecule has 0 spiro atoms. The molecule has 8 atom stereocenters. The lowest BCUT2D eigenvalue weighted by Crippen LogP contribution is -2.62. The van der Waals surface area contributed by atoms with Gasteiger partial charge in [0.05, 0.1) is 11.8 Å². The van der Waals surface area contributed by atoms with E-state index in [1.165, 1.54) is 33.5 Å². The number of ketones is 2. The minimum Gasteiger partial charge on any atom is -0.393 e.